The van der Waals surface area contributed by atoms with Crippen LogP contribution in [-0.4, -0.2) is 42.9 Å². The summed E-state index contributed by atoms with van der Waals surface area (Å²) in [5.41, 5.74) is 2.57. The zero-order valence-electron chi connectivity index (χ0n) is 15.1. The van der Waals surface area contributed by atoms with E-state index in [-0.39, 0.29) is 25.0 Å². The lowest BCUT2D eigenvalue weighted by atomic mass is 10.1. The fraction of sp³-hybridized carbons (Fsp3) is 0.316. The van der Waals surface area contributed by atoms with Crippen molar-refractivity contribution in [3.8, 4) is 0 Å². The second kappa shape index (κ2) is 9.15. The van der Waals surface area contributed by atoms with E-state index in [9.17, 15) is 14.4 Å². The van der Waals surface area contributed by atoms with E-state index in [4.69, 9.17) is 4.74 Å². The molecule has 7 heteroatoms. The van der Waals surface area contributed by atoms with E-state index >= 15 is 0 Å². The summed E-state index contributed by atoms with van der Waals surface area (Å²) in [4.78, 5) is 38.3. The third kappa shape index (κ3) is 5.70. The Labute approximate surface area is 156 Å². The number of hydrogen-bond donors (Lipinski definition) is 1. The first kappa shape index (κ1) is 19.7. The zero-order chi connectivity index (χ0) is 19.1. The molecule has 1 aromatic carbocycles. The molecule has 0 atom stereocenters. The van der Waals surface area contributed by atoms with Gasteiger partial charge in [-0.1, -0.05) is 12.1 Å². The van der Waals surface area contributed by atoms with Crippen LogP contribution in [0, 0.1) is 13.8 Å². The van der Waals surface area contributed by atoms with Gasteiger partial charge in [0.25, 0.3) is 11.8 Å². The molecule has 0 saturated heterocycles. The highest BCUT2D eigenvalue weighted by Crippen LogP contribution is 2.11. The van der Waals surface area contributed by atoms with Gasteiger partial charge >= 0.3 is 5.97 Å². The summed E-state index contributed by atoms with van der Waals surface area (Å²) in [5.74, 6) is -1.31. The number of carbonyl (C=O) groups is 3. The van der Waals surface area contributed by atoms with Gasteiger partial charge in [-0.15, -0.1) is 11.3 Å². The Balaban J connectivity index is 1.73. The Kier molecular flexibility index (Phi) is 6.91. The number of esters is 1. The van der Waals surface area contributed by atoms with Crippen molar-refractivity contribution in [2.24, 2.45) is 0 Å². The molecule has 2 amide bonds. The van der Waals surface area contributed by atoms with Crippen LogP contribution >= 0.6 is 11.3 Å². The molecule has 1 N–H and O–H groups in total. The predicted octanol–water partition coefficient (Wildman–Crippen LogP) is 2.30. The van der Waals surface area contributed by atoms with Crippen LogP contribution in [0.2, 0.25) is 0 Å². The van der Waals surface area contributed by atoms with E-state index in [0.29, 0.717) is 12.1 Å². The van der Waals surface area contributed by atoms with Gasteiger partial charge in [-0.25, -0.2) is 0 Å². The van der Waals surface area contributed by atoms with Crippen LogP contribution in [0.25, 0.3) is 0 Å². The number of rotatable bonds is 7. The van der Waals surface area contributed by atoms with Gasteiger partial charge in [0.05, 0.1) is 6.54 Å². The summed E-state index contributed by atoms with van der Waals surface area (Å²) in [6.07, 6.45) is 0. The van der Waals surface area contributed by atoms with Gasteiger partial charge < -0.3 is 15.0 Å². The summed E-state index contributed by atoms with van der Waals surface area (Å²) in [5, 5.41) is 4.43. The van der Waals surface area contributed by atoms with E-state index in [1.54, 1.807) is 30.5 Å². The number of aryl methyl sites for hydroxylation is 2. The maximum absolute atomic E-state index is 12.0. The first-order valence-electron chi connectivity index (χ1n) is 8.14. The maximum Gasteiger partial charge on any atom is 0.325 e. The Morgan fingerprint density at radius 3 is 2.58 bits per heavy atom. The molecule has 0 saturated carbocycles. The molecule has 0 aliphatic carbocycles. The van der Waals surface area contributed by atoms with Crippen LogP contribution < -0.4 is 5.32 Å². The molecule has 0 fully saturated rings. The third-order valence-corrected chi connectivity index (χ3v) is 4.78. The fourth-order valence-corrected chi connectivity index (χ4v) is 2.92. The minimum Gasteiger partial charge on any atom is -0.454 e. The fourth-order valence-electron chi connectivity index (χ4n) is 2.17. The molecule has 0 aliphatic heterocycles. The average Bonchev–Trinajstić information content (AvgIpc) is 3.12. The summed E-state index contributed by atoms with van der Waals surface area (Å²) in [7, 11) is 1.65. The molecule has 6 nitrogen and oxygen atoms in total. The van der Waals surface area contributed by atoms with Crippen LogP contribution in [-0.2, 0) is 20.9 Å². The highest BCUT2D eigenvalue weighted by molar-refractivity contribution is 7.09. The van der Waals surface area contributed by atoms with E-state index in [1.165, 1.54) is 4.90 Å². The molecular weight excluding hydrogens is 352 g/mol. The van der Waals surface area contributed by atoms with Gasteiger partial charge in [-0.2, -0.15) is 0 Å². The van der Waals surface area contributed by atoms with Crippen molar-refractivity contribution in [2.45, 2.75) is 20.4 Å². The van der Waals surface area contributed by atoms with Crippen molar-refractivity contribution >= 4 is 29.1 Å². The quantitative estimate of drug-likeness (QED) is 0.755. The van der Waals surface area contributed by atoms with Crippen LogP contribution in [0.15, 0.2) is 35.7 Å². The molecule has 2 rings (SSSR count). The molecule has 2 aromatic rings. The van der Waals surface area contributed by atoms with Crippen LogP contribution in [0.1, 0.15) is 26.4 Å². The number of hydrogen-bond acceptors (Lipinski definition) is 5. The lowest BCUT2D eigenvalue weighted by molar-refractivity contribution is -0.150. The Bertz CT molecular complexity index is 787. The van der Waals surface area contributed by atoms with Crippen molar-refractivity contribution in [3.05, 3.63) is 57.3 Å². The summed E-state index contributed by atoms with van der Waals surface area (Å²) >= 11 is 1.55. The van der Waals surface area contributed by atoms with E-state index < -0.39 is 5.97 Å². The average molecular weight is 374 g/mol. The van der Waals surface area contributed by atoms with Crippen LogP contribution in [0.3, 0.4) is 0 Å². The van der Waals surface area contributed by atoms with Crippen LogP contribution in [0.5, 0.6) is 0 Å². The number of nitrogens with zero attached hydrogens (tertiary/aromatic N) is 1. The number of benzene rings is 1. The van der Waals surface area contributed by atoms with E-state index in [2.05, 4.69) is 5.32 Å². The van der Waals surface area contributed by atoms with Gasteiger partial charge in [0.15, 0.2) is 6.61 Å². The minimum absolute atomic E-state index is 0.284. The molecule has 1 heterocycles. The first-order chi connectivity index (χ1) is 12.4. The lowest BCUT2D eigenvalue weighted by Gasteiger charge is -2.16. The van der Waals surface area contributed by atoms with E-state index in [0.717, 1.165) is 16.0 Å². The Hall–Kier alpha value is -2.67. The number of nitrogens with one attached hydrogen (secondary N) is 1. The second-order valence-electron chi connectivity index (χ2n) is 5.97. The Morgan fingerprint density at radius 2 is 1.92 bits per heavy atom. The standard InChI is InChI=1S/C19H22N2O4S/c1-13-6-7-15(9-14(13)2)19(24)20-10-18(23)25-12-17(22)21(3)11-16-5-4-8-26-16/h4-9H,10-12H2,1-3H3,(H,20,24). The summed E-state index contributed by atoms with van der Waals surface area (Å²) in [6.45, 7) is 3.71. The number of amides is 2. The molecule has 0 radical (unpaired) electrons. The maximum atomic E-state index is 12.0. The third-order valence-electron chi connectivity index (χ3n) is 3.92. The van der Waals surface area contributed by atoms with Crippen LogP contribution in [0.4, 0.5) is 0 Å². The van der Waals surface area contributed by atoms with Crippen molar-refractivity contribution in [1.82, 2.24) is 10.2 Å². The molecule has 0 spiro atoms. The molecule has 26 heavy (non-hydrogen) atoms. The number of thiophene rings is 1. The van der Waals surface area contributed by atoms with Gasteiger partial charge in [0.1, 0.15) is 6.54 Å². The highest BCUT2D eigenvalue weighted by atomic mass is 32.1. The molecular formula is C19H22N2O4S. The Morgan fingerprint density at radius 1 is 1.15 bits per heavy atom. The van der Waals surface area contributed by atoms with Crippen molar-refractivity contribution in [3.63, 3.8) is 0 Å². The zero-order valence-corrected chi connectivity index (χ0v) is 15.9. The van der Waals surface area contributed by atoms with Gasteiger partial charge in [0.2, 0.25) is 0 Å². The van der Waals surface area contributed by atoms with Gasteiger partial charge in [-0.05, 0) is 48.6 Å². The molecule has 0 bridgehead atoms. The molecule has 0 aliphatic rings. The minimum atomic E-state index is -0.653. The highest BCUT2D eigenvalue weighted by Gasteiger charge is 2.14. The van der Waals surface area contributed by atoms with Gasteiger partial charge in [0, 0.05) is 17.5 Å². The summed E-state index contributed by atoms with van der Waals surface area (Å²) in [6, 6.07) is 9.16. The second-order valence-corrected chi connectivity index (χ2v) is 7.00. The van der Waals surface area contributed by atoms with Crippen molar-refractivity contribution < 1.29 is 19.1 Å². The normalized spacial score (nSPS) is 10.3. The molecule has 0 unspecified atom stereocenters. The SMILES string of the molecule is Cc1ccc(C(=O)NCC(=O)OCC(=O)N(C)Cc2cccs2)cc1C. The van der Waals surface area contributed by atoms with Crippen molar-refractivity contribution in [1.29, 1.82) is 0 Å². The molecule has 138 valence electrons. The molecule has 1 aromatic heterocycles. The smallest absolute Gasteiger partial charge is 0.325 e. The number of ether oxygens (including phenoxy) is 1. The first-order valence-corrected chi connectivity index (χ1v) is 9.02. The topological polar surface area (TPSA) is 75.7 Å². The van der Waals surface area contributed by atoms with Crippen molar-refractivity contribution in [2.75, 3.05) is 20.2 Å². The number of likely N-dealkylation sites (N-methyl/N-ethyl adjacent to an activating group) is 1. The largest absolute Gasteiger partial charge is 0.454 e. The lowest BCUT2D eigenvalue weighted by Crippen LogP contribution is -2.34. The van der Waals surface area contributed by atoms with E-state index in [1.807, 2.05) is 37.4 Å². The summed E-state index contributed by atoms with van der Waals surface area (Å²) < 4.78 is 4.93. The van der Waals surface area contributed by atoms with Gasteiger partial charge in [-0.3, -0.25) is 14.4 Å². The monoisotopic (exact) mass is 374 g/mol. The number of carbonyl (C=O) groups excluding carboxylic acids is 3. The predicted molar refractivity (Wildman–Crippen MR) is 100 cm³/mol.